The highest BCUT2D eigenvalue weighted by Gasteiger charge is 2.08. The Morgan fingerprint density at radius 2 is 2.50 bits per heavy atom. The molecule has 4 N–H and O–H groups in total. The topological polar surface area (TPSA) is 78.6 Å². The summed E-state index contributed by atoms with van der Waals surface area (Å²) in [4.78, 5) is 1.12. The molecule has 0 aliphatic heterocycles. The molecule has 0 aromatic carbocycles. The molecule has 14 heavy (non-hydrogen) atoms. The molecule has 0 saturated carbocycles. The van der Waals surface area contributed by atoms with Crippen LogP contribution in [-0.2, 0) is 6.42 Å². The van der Waals surface area contributed by atoms with E-state index in [2.05, 4.69) is 10.2 Å². The molecule has 0 radical (unpaired) electrons. The summed E-state index contributed by atoms with van der Waals surface area (Å²) in [6.45, 7) is 0. The van der Waals surface area contributed by atoms with Crippen LogP contribution in [0.1, 0.15) is 5.56 Å². The van der Waals surface area contributed by atoms with Gasteiger partial charge in [-0.1, -0.05) is 6.07 Å². The van der Waals surface area contributed by atoms with E-state index >= 15 is 0 Å². The van der Waals surface area contributed by atoms with Crippen molar-refractivity contribution in [3.05, 3.63) is 29.3 Å². The van der Waals surface area contributed by atoms with Crippen molar-refractivity contribution in [3.8, 4) is 10.6 Å². The van der Waals surface area contributed by atoms with Gasteiger partial charge in [0.15, 0.2) is 0 Å². The molecule has 72 valence electrons. The number of aromatic nitrogens is 2. The van der Waals surface area contributed by atoms with Gasteiger partial charge in [-0.2, -0.15) is 5.10 Å². The Morgan fingerprint density at radius 3 is 3.14 bits per heavy atom. The van der Waals surface area contributed by atoms with Crippen molar-refractivity contribution >= 4 is 17.2 Å². The summed E-state index contributed by atoms with van der Waals surface area (Å²) in [5.74, 6) is 0.157. The molecule has 0 aliphatic rings. The molecular formula is C9H10N4S. The summed E-state index contributed by atoms with van der Waals surface area (Å²) >= 11 is 1.64. The van der Waals surface area contributed by atoms with Crippen LogP contribution in [0.4, 0.5) is 0 Å². The molecule has 0 fully saturated rings. The summed E-state index contributed by atoms with van der Waals surface area (Å²) in [6.07, 6.45) is 2.17. The molecule has 2 heterocycles. The minimum Gasteiger partial charge on any atom is -0.387 e. The lowest BCUT2D eigenvalue weighted by molar-refractivity contribution is 1.10. The molecule has 0 spiro atoms. The normalized spacial score (nSPS) is 10.3. The highest BCUT2D eigenvalue weighted by atomic mass is 32.1. The monoisotopic (exact) mass is 206 g/mol. The molecule has 0 bridgehead atoms. The molecule has 0 aliphatic carbocycles. The second-order valence-electron chi connectivity index (χ2n) is 2.95. The van der Waals surface area contributed by atoms with E-state index in [1.807, 2.05) is 17.5 Å². The van der Waals surface area contributed by atoms with Crippen LogP contribution < -0.4 is 5.73 Å². The lowest BCUT2D eigenvalue weighted by Gasteiger charge is -1.98. The van der Waals surface area contributed by atoms with Gasteiger partial charge in [-0.15, -0.1) is 11.3 Å². The van der Waals surface area contributed by atoms with Crippen molar-refractivity contribution in [2.24, 2.45) is 5.73 Å². The highest BCUT2D eigenvalue weighted by molar-refractivity contribution is 7.13. The van der Waals surface area contributed by atoms with Crippen LogP contribution in [0.15, 0.2) is 23.7 Å². The van der Waals surface area contributed by atoms with Gasteiger partial charge in [0.25, 0.3) is 0 Å². The zero-order valence-electron chi connectivity index (χ0n) is 7.45. The van der Waals surface area contributed by atoms with Gasteiger partial charge < -0.3 is 5.73 Å². The molecule has 4 nitrogen and oxygen atoms in total. The minimum atomic E-state index is 0.157. The first-order valence-electron chi connectivity index (χ1n) is 4.16. The second kappa shape index (κ2) is 3.63. The molecule has 0 atom stereocenters. The summed E-state index contributed by atoms with van der Waals surface area (Å²) in [5, 5.41) is 16.1. The highest BCUT2D eigenvalue weighted by Crippen LogP contribution is 2.25. The lowest BCUT2D eigenvalue weighted by Crippen LogP contribution is -2.12. The maximum atomic E-state index is 7.23. The van der Waals surface area contributed by atoms with Crippen LogP contribution in [0.3, 0.4) is 0 Å². The number of nitrogens with zero attached hydrogens (tertiary/aromatic N) is 1. The van der Waals surface area contributed by atoms with Crippen LogP contribution >= 0.6 is 11.3 Å². The third kappa shape index (κ3) is 1.67. The van der Waals surface area contributed by atoms with Crippen LogP contribution in [-0.4, -0.2) is 16.0 Å². The minimum absolute atomic E-state index is 0.157. The van der Waals surface area contributed by atoms with Gasteiger partial charge in [0, 0.05) is 12.0 Å². The Balaban J connectivity index is 2.35. The van der Waals surface area contributed by atoms with Crippen molar-refractivity contribution in [1.29, 1.82) is 5.41 Å². The van der Waals surface area contributed by atoms with Gasteiger partial charge >= 0.3 is 0 Å². The standard InChI is InChI=1S/C9H10N4S/c10-8(11)4-6-5-12-13-9(6)7-2-1-3-14-7/h1-3,5H,4H2,(H3,10,11)(H,12,13). The van der Waals surface area contributed by atoms with Crippen molar-refractivity contribution in [1.82, 2.24) is 10.2 Å². The molecule has 0 amide bonds. The maximum Gasteiger partial charge on any atom is 0.0951 e. The number of rotatable bonds is 3. The molecule has 0 saturated heterocycles. The first-order valence-corrected chi connectivity index (χ1v) is 5.04. The molecule has 0 unspecified atom stereocenters. The Morgan fingerprint density at radius 1 is 1.64 bits per heavy atom. The Kier molecular flexibility index (Phi) is 2.32. The number of hydrogen-bond acceptors (Lipinski definition) is 3. The average Bonchev–Trinajstić information content (AvgIpc) is 2.70. The van der Waals surface area contributed by atoms with Gasteiger partial charge in [-0.05, 0) is 11.4 Å². The molecule has 2 rings (SSSR count). The first kappa shape index (κ1) is 8.96. The number of amidine groups is 1. The van der Waals surface area contributed by atoms with Crippen molar-refractivity contribution in [3.63, 3.8) is 0 Å². The van der Waals surface area contributed by atoms with E-state index in [4.69, 9.17) is 11.1 Å². The van der Waals surface area contributed by atoms with E-state index in [1.54, 1.807) is 17.5 Å². The van der Waals surface area contributed by atoms with Gasteiger partial charge in [-0.25, -0.2) is 0 Å². The van der Waals surface area contributed by atoms with Crippen molar-refractivity contribution in [2.75, 3.05) is 0 Å². The Labute approximate surface area is 85.3 Å². The smallest absolute Gasteiger partial charge is 0.0951 e. The largest absolute Gasteiger partial charge is 0.387 e. The SMILES string of the molecule is N=C(N)Cc1cn[nH]c1-c1cccs1. The number of H-pyrrole nitrogens is 1. The van der Waals surface area contributed by atoms with E-state index in [1.165, 1.54) is 0 Å². The number of nitrogens with two attached hydrogens (primary N) is 1. The average molecular weight is 206 g/mol. The number of nitrogens with one attached hydrogen (secondary N) is 2. The summed E-state index contributed by atoms with van der Waals surface area (Å²) < 4.78 is 0. The molecule has 2 aromatic rings. The number of thiophene rings is 1. The van der Waals surface area contributed by atoms with Crippen LogP contribution in [0.25, 0.3) is 10.6 Å². The number of hydrogen-bond donors (Lipinski definition) is 3. The quantitative estimate of drug-likeness (QED) is 0.527. The fraction of sp³-hybridized carbons (Fsp3) is 0.111. The van der Waals surface area contributed by atoms with Crippen LogP contribution in [0, 0.1) is 5.41 Å². The Bertz CT molecular complexity index is 429. The van der Waals surface area contributed by atoms with Crippen molar-refractivity contribution in [2.45, 2.75) is 6.42 Å². The second-order valence-corrected chi connectivity index (χ2v) is 3.90. The maximum absolute atomic E-state index is 7.23. The predicted octanol–water partition coefficient (Wildman–Crippen LogP) is 1.62. The van der Waals surface area contributed by atoms with Gasteiger partial charge in [-0.3, -0.25) is 10.5 Å². The third-order valence-electron chi connectivity index (χ3n) is 1.87. The van der Waals surface area contributed by atoms with Gasteiger partial charge in [0.2, 0.25) is 0 Å². The van der Waals surface area contributed by atoms with E-state index in [-0.39, 0.29) is 5.84 Å². The number of aromatic amines is 1. The van der Waals surface area contributed by atoms with E-state index in [0.717, 1.165) is 16.1 Å². The summed E-state index contributed by atoms with van der Waals surface area (Å²) in [6, 6.07) is 4.00. The molecular weight excluding hydrogens is 196 g/mol. The summed E-state index contributed by atoms with van der Waals surface area (Å²) in [5.41, 5.74) is 7.29. The van der Waals surface area contributed by atoms with Gasteiger partial charge in [0.05, 0.1) is 22.6 Å². The fourth-order valence-corrected chi connectivity index (χ4v) is 2.04. The van der Waals surface area contributed by atoms with Gasteiger partial charge in [0.1, 0.15) is 0 Å². The van der Waals surface area contributed by atoms with Crippen LogP contribution in [0.5, 0.6) is 0 Å². The van der Waals surface area contributed by atoms with E-state index in [0.29, 0.717) is 6.42 Å². The predicted molar refractivity (Wildman–Crippen MR) is 57.5 cm³/mol. The van der Waals surface area contributed by atoms with Crippen molar-refractivity contribution < 1.29 is 0 Å². The third-order valence-corrected chi connectivity index (χ3v) is 2.75. The molecule has 2 aromatic heterocycles. The van der Waals surface area contributed by atoms with E-state index < -0.39 is 0 Å². The summed E-state index contributed by atoms with van der Waals surface area (Å²) in [7, 11) is 0. The molecule has 5 heteroatoms. The fourth-order valence-electron chi connectivity index (χ4n) is 1.28. The lowest BCUT2D eigenvalue weighted by atomic mass is 10.1. The van der Waals surface area contributed by atoms with E-state index in [9.17, 15) is 0 Å². The van der Waals surface area contributed by atoms with Crippen LogP contribution in [0.2, 0.25) is 0 Å². The first-order chi connectivity index (χ1) is 6.77. The zero-order chi connectivity index (χ0) is 9.97. The Hall–Kier alpha value is -1.62. The zero-order valence-corrected chi connectivity index (χ0v) is 8.27.